The van der Waals surface area contributed by atoms with Gasteiger partial charge in [-0.2, -0.15) is 0 Å². The molecule has 0 atom stereocenters. The Morgan fingerprint density at radius 3 is 2.76 bits per heavy atom. The van der Waals surface area contributed by atoms with Crippen molar-refractivity contribution in [3.63, 3.8) is 0 Å². The zero-order valence-electron chi connectivity index (χ0n) is 12.3. The third-order valence-corrected chi connectivity index (χ3v) is 4.72. The zero-order chi connectivity index (χ0) is 15.2. The first-order chi connectivity index (χ1) is 10.0. The number of aliphatic carboxylic acids is 1. The van der Waals surface area contributed by atoms with Crippen molar-refractivity contribution in [3.8, 4) is 0 Å². The fourth-order valence-electron chi connectivity index (χ4n) is 2.61. The van der Waals surface area contributed by atoms with Crippen LogP contribution in [0.15, 0.2) is 22.7 Å². The lowest BCUT2D eigenvalue weighted by molar-refractivity contribution is -0.138. The van der Waals surface area contributed by atoms with Gasteiger partial charge in [-0.1, -0.05) is 28.1 Å². The summed E-state index contributed by atoms with van der Waals surface area (Å²) in [6.45, 7) is 5.41. The molecule has 0 bridgehead atoms. The highest BCUT2D eigenvalue weighted by Gasteiger charge is 2.19. The number of nitrogens with zero attached hydrogens (tertiary/aromatic N) is 1. The van der Waals surface area contributed by atoms with Crippen LogP contribution < -0.4 is 0 Å². The van der Waals surface area contributed by atoms with E-state index in [1.165, 1.54) is 11.1 Å². The zero-order valence-corrected chi connectivity index (χ0v) is 13.9. The molecule has 21 heavy (non-hydrogen) atoms. The van der Waals surface area contributed by atoms with Gasteiger partial charge in [0, 0.05) is 24.1 Å². The summed E-state index contributed by atoms with van der Waals surface area (Å²) in [5, 5.41) is 8.60. The molecule has 1 aromatic rings. The van der Waals surface area contributed by atoms with E-state index in [2.05, 4.69) is 46.0 Å². The number of likely N-dealkylation sites (tertiary alicyclic amines) is 1. The molecule has 0 saturated carbocycles. The van der Waals surface area contributed by atoms with Crippen molar-refractivity contribution < 1.29 is 14.6 Å². The summed E-state index contributed by atoms with van der Waals surface area (Å²) in [4.78, 5) is 12.9. The number of aryl methyl sites for hydroxylation is 1. The smallest absolute Gasteiger partial charge is 0.305 e. The van der Waals surface area contributed by atoms with E-state index in [1.54, 1.807) is 0 Å². The van der Waals surface area contributed by atoms with Crippen molar-refractivity contribution in [2.24, 2.45) is 0 Å². The van der Waals surface area contributed by atoms with E-state index >= 15 is 0 Å². The summed E-state index contributed by atoms with van der Waals surface area (Å²) < 4.78 is 6.76. The average molecular weight is 356 g/mol. The minimum absolute atomic E-state index is 0.0956. The number of ether oxygens (including phenoxy) is 1. The van der Waals surface area contributed by atoms with Crippen LogP contribution in [0.2, 0.25) is 0 Å². The number of hydrogen-bond acceptors (Lipinski definition) is 3. The molecule has 0 aromatic heterocycles. The molecule has 5 heteroatoms. The molecule has 0 aliphatic carbocycles. The molecule has 1 N–H and O–H groups in total. The fraction of sp³-hybridized carbons (Fsp3) is 0.562. The van der Waals surface area contributed by atoms with Gasteiger partial charge in [0.05, 0.1) is 19.1 Å². The third-order valence-electron chi connectivity index (χ3n) is 3.83. The molecule has 1 heterocycles. The summed E-state index contributed by atoms with van der Waals surface area (Å²) in [5.74, 6) is -0.793. The van der Waals surface area contributed by atoms with Crippen LogP contribution in [0, 0.1) is 6.92 Å². The van der Waals surface area contributed by atoms with E-state index in [0.717, 1.165) is 36.9 Å². The third kappa shape index (κ3) is 5.41. The monoisotopic (exact) mass is 355 g/mol. The first-order valence-corrected chi connectivity index (χ1v) is 8.14. The maximum absolute atomic E-state index is 10.5. The van der Waals surface area contributed by atoms with Crippen LogP contribution in [0.3, 0.4) is 0 Å². The molecule has 0 spiro atoms. The van der Waals surface area contributed by atoms with Crippen molar-refractivity contribution in [2.45, 2.75) is 38.8 Å². The van der Waals surface area contributed by atoms with Crippen molar-refractivity contribution >= 4 is 21.9 Å². The number of carboxylic acids is 1. The van der Waals surface area contributed by atoms with E-state index < -0.39 is 5.97 Å². The van der Waals surface area contributed by atoms with Gasteiger partial charge in [0.15, 0.2) is 0 Å². The van der Waals surface area contributed by atoms with Crippen LogP contribution >= 0.6 is 15.9 Å². The van der Waals surface area contributed by atoms with Crippen LogP contribution in [-0.2, 0) is 16.1 Å². The number of carboxylic acid groups (broad SMARTS) is 1. The van der Waals surface area contributed by atoms with Crippen LogP contribution in [0.4, 0.5) is 0 Å². The normalized spacial score (nSPS) is 17.0. The standard InChI is InChI=1S/C16H22BrNO3/c1-12-10-13(2-3-15(12)17)11-18-7-4-14(5-8-18)21-9-6-16(19)20/h2-3,10,14H,4-9,11H2,1H3,(H,19,20). The van der Waals surface area contributed by atoms with Crippen molar-refractivity contribution in [1.82, 2.24) is 4.90 Å². The minimum atomic E-state index is -0.793. The van der Waals surface area contributed by atoms with E-state index in [-0.39, 0.29) is 12.5 Å². The Balaban J connectivity index is 1.73. The molecule has 1 saturated heterocycles. The second-order valence-electron chi connectivity index (χ2n) is 5.57. The maximum atomic E-state index is 10.5. The largest absolute Gasteiger partial charge is 0.481 e. The van der Waals surface area contributed by atoms with Gasteiger partial charge >= 0.3 is 5.97 Å². The number of hydrogen-bond donors (Lipinski definition) is 1. The first-order valence-electron chi connectivity index (χ1n) is 7.35. The lowest BCUT2D eigenvalue weighted by atomic mass is 10.1. The predicted molar refractivity (Wildman–Crippen MR) is 85.4 cm³/mol. The topological polar surface area (TPSA) is 49.8 Å². The Hall–Kier alpha value is -0.910. The summed E-state index contributed by atoms with van der Waals surface area (Å²) in [6.07, 6.45) is 2.27. The van der Waals surface area contributed by atoms with Gasteiger partial charge in [0.25, 0.3) is 0 Å². The van der Waals surface area contributed by atoms with E-state index in [4.69, 9.17) is 9.84 Å². The molecule has 4 nitrogen and oxygen atoms in total. The second kappa shape index (κ2) is 7.92. The molecule has 1 aliphatic heterocycles. The van der Waals surface area contributed by atoms with Crippen LogP contribution in [0.25, 0.3) is 0 Å². The Morgan fingerprint density at radius 2 is 2.14 bits per heavy atom. The van der Waals surface area contributed by atoms with Gasteiger partial charge in [-0.25, -0.2) is 0 Å². The molecule has 0 unspecified atom stereocenters. The molecule has 1 aromatic carbocycles. The highest BCUT2D eigenvalue weighted by molar-refractivity contribution is 9.10. The molecule has 1 fully saturated rings. The maximum Gasteiger partial charge on any atom is 0.305 e. The number of benzene rings is 1. The number of piperidine rings is 1. The fourth-order valence-corrected chi connectivity index (χ4v) is 2.86. The summed E-state index contributed by atoms with van der Waals surface area (Å²) in [6, 6.07) is 6.48. The molecular formula is C16H22BrNO3. The number of halogens is 1. The second-order valence-corrected chi connectivity index (χ2v) is 6.43. The van der Waals surface area contributed by atoms with E-state index in [9.17, 15) is 4.79 Å². The minimum Gasteiger partial charge on any atom is -0.481 e. The highest BCUT2D eigenvalue weighted by Crippen LogP contribution is 2.20. The molecule has 0 amide bonds. The molecule has 116 valence electrons. The summed E-state index contributed by atoms with van der Waals surface area (Å²) in [7, 11) is 0. The average Bonchev–Trinajstić information content (AvgIpc) is 2.44. The van der Waals surface area contributed by atoms with E-state index in [0.29, 0.717) is 6.61 Å². The molecule has 2 rings (SSSR count). The molecular weight excluding hydrogens is 334 g/mol. The van der Waals surface area contributed by atoms with Gasteiger partial charge in [-0.05, 0) is 37.0 Å². The van der Waals surface area contributed by atoms with Crippen LogP contribution in [-0.4, -0.2) is 41.8 Å². The Labute approximate surface area is 134 Å². The Bertz CT molecular complexity index is 484. The lowest BCUT2D eigenvalue weighted by Gasteiger charge is -2.32. The van der Waals surface area contributed by atoms with Gasteiger partial charge in [0.1, 0.15) is 0 Å². The Kier molecular flexibility index (Phi) is 6.21. The van der Waals surface area contributed by atoms with Crippen molar-refractivity contribution in [3.05, 3.63) is 33.8 Å². The molecule has 0 radical (unpaired) electrons. The number of carbonyl (C=O) groups is 1. The SMILES string of the molecule is Cc1cc(CN2CCC(OCCC(=O)O)CC2)ccc1Br. The van der Waals surface area contributed by atoms with Gasteiger partial charge in [-0.3, -0.25) is 9.69 Å². The van der Waals surface area contributed by atoms with Gasteiger partial charge in [-0.15, -0.1) is 0 Å². The lowest BCUT2D eigenvalue weighted by Crippen LogP contribution is -2.36. The first kappa shape index (κ1) is 16.5. The van der Waals surface area contributed by atoms with E-state index in [1.807, 2.05) is 0 Å². The van der Waals surface area contributed by atoms with Crippen molar-refractivity contribution in [1.29, 1.82) is 0 Å². The highest BCUT2D eigenvalue weighted by atomic mass is 79.9. The molecule has 1 aliphatic rings. The van der Waals surface area contributed by atoms with Gasteiger partial charge < -0.3 is 9.84 Å². The van der Waals surface area contributed by atoms with Crippen LogP contribution in [0.1, 0.15) is 30.4 Å². The Morgan fingerprint density at radius 1 is 1.43 bits per heavy atom. The van der Waals surface area contributed by atoms with Crippen LogP contribution in [0.5, 0.6) is 0 Å². The predicted octanol–water partition coefficient (Wildman–Crippen LogP) is 3.21. The number of rotatable bonds is 6. The van der Waals surface area contributed by atoms with Gasteiger partial charge in [0.2, 0.25) is 0 Å². The summed E-state index contributed by atoms with van der Waals surface area (Å²) >= 11 is 3.52. The van der Waals surface area contributed by atoms with Crippen molar-refractivity contribution in [2.75, 3.05) is 19.7 Å². The quantitative estimate of drug-likeness (QED) is 0.850. The summed E-state index contributed by atoms with van der Waals surface area (Å²) in [5.41, 5.74) is 2.60.